The number of ether oxygens (including phenoxy) is 4. The first-order valence-corrected chi connectivity index (χ1v) is 60.7. The number of aryl methyl sites for hydroxylation is 4. The van der Waals surface area contributed by atoms with Crippen LogP contribution in [0, 0.1) is 46.6 Å². The smallest absolute Gasteiger partial charge is 0.266 e. The molecule has 0 bridgehead atoms. The van der Waals surface area contributed by atoms with E-state index < -0.39 is 39.8 Å². The predicted octanol–water partition coefficient (Wildman–Crippen LogP) is 38.1. The summed E-state index contributed by atoms with van der Waals surface area (Å²) in [4.78, 5) is 70.2. The number of hydrogen-bond donors (Lipinski definition) is 0. The van der Waals surface area contributed by atoms with E-state index in [2.05, 4.69) is 313 Å². The predicted molar refractivity (Wildman–Crippen MR) is 636 cm³/mol. The minimum Gasteiger partial charge on any atom is -0.457 e. The van der Waals surface area contributed by atoms with Gasteiger partial charge in [0.05, 0.1) is 33.6 Å². The molecule has 0 radical (unpaired) electrons. The molecule has 0 saturated heterocycles. The molecule has 0 unspecified atom stereocenters. The zero-order valence-corrected chi connectivity index (χ0v) is 97.2. The van der Waals surface area contributed by atoms with Crippen LogP contribution in [-0.4, -0.2) is 39.8 Å². The van der Waals surface area contributed by atoms with Crippen LogP contribution in [0.5, 0.6) is 46.0 Å². The van der Waals surface area contributed by atoms with Gasteiger partial charge in [-0.3, -0.25) is 19.2 Å². The van der Waals surface area contributed by atoms with Gasteiger partial charge in [-0.05, 0) is 296 Å². The average molecular weight is 2030 g/mol. The third-order valence-electron chi connectivity index (χ3n) is 32.1. The topological polar surface area (TPSA) is 112 Å². The summed E-state index contributed by atoms with van der Waals surface area (Å²) in [6, 6.07) is 63.3. The Hall–Kier alpha value is -12.7. The van der Waals surface area contributed by atoms with Crippen LogP contribution in [0.25, 0.3) is 43.1 Å². The number of anilines is 2. The molecule has 0 aromatic heterocycles. The van der Waals surface area contributed by atoms with E-state index in [1.165, 1.54) is 83.4 Å². The Balaban J connectivity index is 0.973. The molecule has 12 heteroatoms. The number of amides is 4. The molecule has 0 aliphatic carbocycles. The van der Waals surface area contributed by atoms with Crippen molar-refractivity contribution < 1.29 is 38.1 Å². The number of carbonyl (C=O) groups excluding carboxylic acids is 4. The number of rotatable bonds is 36. The van der Waals surface area contributed by atoms with E-state index in [-0.39, 0.29) is 66.9 Å². The molecule has 13 aromatic carbocycles. The second-order valence-corrected chi connectivity index (χ2v) is 59.7. The largest absolute Gasteiger partial charge is 0.457 e. The summed E-state index contributed by atoms with van der Waals surface area (Å²) in [5.41, 5.74) is 26.0. The number of carbonyl (C=O) groups is 4. The fraction of sp³-hybridized carbons (Fsp3) is 0.420. The SMILES string of the molecule is CCCCCCc1cc(C#Cc2ccc(N3C(=O)c4cc(Oc5ccc(C(C)(C)C)cc5)c5c6c(Oc7ccc(C(C)(C)C)cc7)cc7c8c(cc(Oc9ccc(C(C)(C)C)cc9)c(c9c(Oc%10ccc(C(C)(C)C)cc%10)cc(c4c59)C3=O)c86)C(=O)N(c3ccc(C#Cc4cc(CCCCCC)c(CCCCCC)cc4C#C[Si](C(C)C)(C(C)C)C(C)C)cc3)C7=O)cc2)c(C#C[Si](C(C)C)(C(C)C)C(C)C)cc1CCCCCC. The third-order valence-corrected chi connectivity index (χ3v) is 44.6. The average Bonchev–Trinajstić information content (AvgIpc) is 0.667. The number of benzene rings is 13. The molecular formula is C138H162N2O8Si2. The van der Waals surface area contributed by atoms with Crippen molar-refractivity contribution in [2.24, 2.45) is 0 Å². The van der Waals surface area contributed by atoms with E-state index in [0.717, 1.165) is 122 Å². The van der Waals surface area contributed by atoms with Gasteiger partial charge < -0.3 is 18.9 Å². The number of hydrogen-bond acceptors (Lipinski definition) is 8. The second kappa shape index (κ2) is 46.6. The molecule has 13 aromatic rings. The molecule has 0 fully saturated rings. The molecule has 10 nitrogen and oxygen atoms in total. The molecular weight excluding hydrogens is 1870 g/mol. The molecule has 780 valence electrons. The van der Waals surface area contributed by atoms with Crippen LogP contribution in [0.3, 0.4) is 0 Å². The maximum absolute atomic E-state index is 16.9. The lowest BCUT2D eigenvalue weighted by molar-refractivity contribution is 0.0877. The van der Waals surface area contributed by atoms with E-state index in [0.29, 0.717) is 122 Å². The lowest BCUT2D eigenvalue weighted by atomic mass is 9.80. The Labute approximate surface area is 900 Å². The first-order chi connectivity index (χ1) is 71.3. The zero-order chi connectivity index (χ0) is 108. The normalized spacial score (nSPS) is 13.1. The quantitative estimate of drug-likeness (QED) is 0.00953. The Morgan fingerprint density at radius 1 is 0.247 bits per heavy atom. The summed E-state index contributed by atoms with van der Waals surface area (Å²) in [6.07, 6.45) is 22.5. The van der Waals surface area contributed by atoms with Gasteiger partial charge in [-0.15, -0.1) is 11.1 Å². The van der Waals surface area contributed by atoms with Crippen molar-refractivity contribution in [3.63, 3.8) is 0 Å². The van der Waals surface area contributed by atoms with Gasteiger partial charge in [0, 0.05) is 76.5 Å². The zero-order valence-electron chi connectivity index (χ0n) is 95.2. The molecule has 4 amide bonds. The summed E-state index contributed by atoms with van der Waals surface area (Å²) in [6.45, 7) is 63.5. The molecule has 0 atom stereocenters. The Morgan fingerprint density at radius 3 is 0.660 bits per heavy atom. The van der Waals surface area contributed by atoms with Crippen LogP contribution < -0.4 is 28.7 Å². The van der Waals surface area contributed by atoms with Gasteiger partial charge in [0.1, 0.15) is 62.1 Å². The van der Waals surface area contributed by atoms with Gasteiger partial charge in [0.2, 0.25) is 0 Å². The van der Waals surface area contributed by atoms with E-state index >= 15 is 19.2 Å². The van der Waals surface area contributed by atoms with Crippen LogP contribution in [0.2, 0.25) is 33.2 Å². The van der Waals surface area contributed by atoms with Gasteiger partial charge in [0.25, 0.3) is 23.6 Å². The van der Waals surface area contributed by atoms with Crippen LogP contribution in [-0.2, 0) is 47.3 Å². The Morgan fingerprint density at radius 2 is 0.460 bits per heavy atom. The van der Waals surface area contributed by atoms with E-state index in [9.17, 15) is 0 Å². The highest BCUT2D eigenvalue weighted by atomic mass is 28.3. The van der Waals surface area contributed by atoms with Gasteiger partial charge in [-0.25, -0.2) is 9.80 Å². The molecule has 0 saturated carbocycles. The minimum atomic E-state index is -2.18. The molecule has 2 heterocycles. The van der Waals surface area contributed by atoms with Gasteiger partial charge in [-0.2, -0.15) is 0 Å². The van der Waals surface area contributed by atoms with Crippen molar-refractivity contribution in [1.29, 1.82) is 0 Å². The highest BCUT2D eigenvalue weighted by Gasteiger charge is 2.46. The highest BCUT2D eigenvalue weighted by molar-refractivity contribution is 6.91. The van der Waals surface area contributed by atoms with Gasteiger partial charge in [0.15, 0.2) is 0 Å². The molecule has 2 aliphatic rings. The second-order valence-electron chi connectivity index (χ2n) is 48.5. The fourth-order valence-corrected chi connectivity index (χ4v) is 33.9. The maximum Gasteiger partial charge on any atom is 0.266 e. The summed E-state index contributed by atoms with van der Waals surface area (Å²) < 4.78 is 30.4. The van der Waals surface area contributed by atoms with Gasteiger partial charge in [-0.1, -0.05) is 355 Å². The monoisotopic (exact) mass is 2030 g/mol. The van der Waals surface area contributed by atoms with Crippen molar-refractivity contribution >= 4 is 94.2 Å². The van der Waals surface area contributed by atoms with E-state index in [1.807, 2.05) is 97.1 Å². The standard InChI is InChI=1S/C138H162N2O8Si2/c1-29-33-37-41-45-97-81-101(103(83-99(97)47-43-39-35-31-3)77-79-149(89(5)6,90(7)8)91(9)10)55-49-95-51-65-109(66-52-95)139-131(141)115-85-119(145-111-69-57-105(58-70-111)135(17,18)19)125-127-121(147-113-73-61-107(62-74-113)137(23,24)25)87-117-124-118(88-122(148-114-75-63-108(64-76-114)138(26,27)28)128(130(124)127)126-120(86-116(132(139)142)123(115)129(125)126)146-112-71-59-106(60-72-112)136(20,21)22)134(144)140(133(117)143)110-67-53-96(54-68-110)50-56-102-82-98(46-42-38-34-30-2)100(48-44-40-36-32-4)84-104(102)78-80-150(92(11)12,93(13)14)94(15)16/h51-54,57-76,81-94H,29-48H2,1-28H3. The number of imide groups is 2. The lowest BCUT2D eigenvalue weighted by Gasteiger charge is -2.38. The maximum atomic E-state index is 16.9. The summed E-state index contributed by atoms with van der Waals surface area (Å²) in [5, 5.41) is 3.09. The summed E-state index contributed by atoms with van der Waals surface area (Å²) >= 11 is 0. The van der Waals surface area contributed by atoms with Crippen molar-refractivity contribution in [3.05, 3.63) is 294 Å². The number of fused-ring (bicyclic) bond motifs is 2. The number of unbranched alkanes of at least 4 members (excludes halogenated alkanes) is 12. The van der Waals surface area contributed by atoms with E-state index in [1.54, 1.807) is 24.3 Å². The molecule has 2 aliphatic heterocycles. The Bertz CT molecular complexity index is 6690. The minimum absolute atomic E-state index is 0.164. The molecule has 0 N–H and O–H groups in total. The first kappa shape index (κ1) is 111. The summed E-state index contributed by atoms with van der Waals surface area (Å²) in [7, 11) is -4.36. The lowest BCUT2D eigenvalue weighted by Crippen LogP contribution is -2.43. The van der Waals surface area contributed by atoms with Crippen molar-refractivity contribution in [3.8, 4) is 92.6 Å². The van der Waals surface area contributed by atoms with E-state index in [4.69, 9.17) is 18.9 Å². The van der Waals surface area contributed by atoms with Crippen molar-refractivity contribution in [1.82, 2.24) is 0 Å². The third kappa shape index (κ3) is 23.6. The summed E-state index contributed by atoms with van der Waals surface area (Å²) in [5.74, 6) is 22.5. The molecule has 0 spiro atoms. The van der Waals surface area contributed by atoms with Crippen LogP contribution >= 0.6 is 0 Å². The van der Waals surface area contributed by atoms with Crippen molar-refractivity contribution in [2.45, 2.75) is 377 Å². The molecule has 150 heavy (non-hydrogen) atoms. The highest BCUT2D eigenvalue weighted by Crippen LogP contribution is 2.59. The van der Waals surface area contributed by atoms with Crippen LogP contribution in [0.15, 0.2) is 194 Å². The van der Waals surface area contributed by atoms with Crippen LogP contribution in [0.1, 0.15) is 416 Å². The molecule has 15 rings (SSSR count). The fourth-order valence-electron chi connectivity index (χ4n) is 23.5. The first-order valence-electron chi connectivity index (χ1n) is 56.2. The number of nitrogens with zero attached hydrogens (tertiary/aromatic N) is 2. The van der Waals surface area contributed by atoms with Crippen molar-refractivity contribution in [2.75, 3.05) is 9.80 Å². The van der Waals surface area contributed by atoms with Crippen LogP contribution in [0.4, 0.5) is 11.4 Å². The van der Waals surface area contributed by atoms with Gasteiger partial charge >= 0.3 is 0 Å². The Kier molecular flexibility index (Phi) is 34.7.